The SMILES string of the molecule is Cc1nc(CCN=C2NC(C)CS2)cs1. The predicted molar refractivity (Wildman–Crippen MR) is 67.9 cm³/mol. The van der Waals surface area contributed by atoms with Crippen molar-refractivity contribution in [2.45, 2.75) is 26.3 Å². The number of aliphatic imine (C=N–C) groups is 1. The van der Waals surface area contributed by atoms with Crippen LogP contribution in [0.4, 0.5) is 0 Å². The fraction of sp³-hybridized carbons (Fsp3) is 0.600. The van der Waals surface area contributed by atoms with Gasteiger partial charge in [0.25, 0.3) is 0 Å². The smallest absolute Gasteiger partial charge is 0.156 e. The summed E-state index contributed by atoms with van der Waals surface area (Å²) in [5.74, 6) is 1.13. The first-order chi connectivity index (χ1) is 7.24. The van der Waals surface area contributed by atoms with E-state index in [-0.39, 0.29) is 0 Å². The molecular formula is C10H15N3S2. The highest BCUT2D eigenvalue weighted by molar-refractivity contribution is 8.14. The van der Waals surface area contributed by atoms with Crippen LogP contribution < -0.4 is 5.32 Å². The standard InChI is InChI=1S/C10H15N3S2/c1-7-5-15-10(12-7)11-4-3-9-6-14-8(2)13-9/h6-7H,3-5H2,1-2H3,(H,11,12). The highest BCUT2D eigenvalue weighted by Crippen LogP contribution is 2.13. The maximum Gasteiger partial charge on any atom is 0.156 e. The van der Waals surface area contributed by atoms with Gasteiger partial charge in [0.2, 0.25) is 0 Å². The molecule has 0 amide bonds. The van der Waals surface area contributed by atoms with Gasteiger partial charge in [-0.15, -0.1) is 11.3 Å². The molecule has 0 spiro atoms. The van der Waals surface area contributed by atoms with Crippen LogP contribution in [0.15, 0.2) is 10.4 Å². The van der Waals surface area contributed by atoms with E-state index in [1.54, 1.807) is 11.3 Å². The number of hydrogen-bond acceptors (Lipinski definition) is 4. The topological polar surface area (TPSA) is 37.3 Å². The van der Waals surface area contributed by atoms with E-state index in [0.717, 1.165) is 34.6 Å². The summed E-state index contributed by atoms with van der Waals surface area (Å²) < 4.78 is 0. The molecule has 3 nitrogen and oxygen atoms in total. The van der Waals surface area contributed by atoms with Gasteiger partial charge in [0.15, 0.2) is 5.17 Å². The van der Waals surface area contributed by atoms with Crippen molar-refractivity contribution in [3.8, 4) is 0 Å². The molecule has 1 aromatic rings. The van der Waals surface area contributed by atoms with E-state index in [4.69, 9.17) is 0 Å². The van der Waals surface area contributed by atoms with E-state index < -0.39 is 0 Å². The lowest BCUT2D eigenvalue weighted by atomic mass is 10.3. The van der Waals surface area contributed by atoms with Gasteiger partial charge in [-0.25, -0.2) is 4.98 Å². The molecule has 1 atom stereocenters. The number of rotatable bonds is 3. The number of nitrogens with zero attached hydrogens (tertiary/aromatic N) is 2. The molecule has 0 radical (unpaired) electrons. The average molecular weight is 241 g/mol. The van der Waals surface area contributed by atoms with Gasteiger partial charge in [-0.3, -0.25) is 4.99 Å². The van der Waals surface area contributed by atoms with Gasteiger partial charge >= 0.3 is 0 Å². The van der Waals surface area contributed by atoms with Gasteiger partial charge in [0.05, 0.1) is 10.7 Å². The predicted octanol–water partition coefficient (Wildman–Crippen LogP) is 2.07. The molecule has 1 aliphatic heterocycles. The van der Waals surface area contributed by atoms with Crippen molar-refractivity contribution < 1.29 is 0 Å². The normalized spacial score (nSPS) is 23.3. The average Bonchev–Trinajstić information content (AvgIpc) is 2.76. The van der Waals surface area contributed by atoms with Gasteiger partial charge in [-0.05, 0) is 13.8 Å². The number of nitrogens with one attached hydrogen (secondary N) is 1. The van der Waals surface area contributed by atoms with E-state index in [1.165, 1.54) is 0 Å². The molecule has 1 unspecified atom stereocenters. The second-order valence-electron chi connectivity index (χ2n) is 3.65. The van der Waals surface area contributed by atoms with Crippen LogP contribution >= 0.6 is 23.1 Å². The number of amidine groups is 1. The number of aromatic nitrogens is 1. The van der Waals surface area contributed by atoms with Crippen molar-refractivity contribution in [2.75, 3.05) is 12.3 Å². The lowest BCUT2D eigenvalue weighted by molar-refractivity contribution is 0.763. The second-order valence-corrected chi connectivity index (χ2v) is 5.72. The first-order valence-electron chi connectivity index (χ1n) is 5.09. The van der Waals surface area contributed by atoms with Crippen molar-refractivity contribution in [3.63, 3.8) is 0 Å². The van der Waals surface area contributed by atoms with E-state index in [1.807, 2.05) is 18.7 Å². The molecule has 5 heteroatoms. The lowest BCUT2D eigenvalue weighted by Crippen LogP contribution is -2.23. The minimum atomic E-state index is 0.565. The van der Waals surface area contributed by atoms with E-state index in [0.29, 0.717) is 6.04 Å². The van der Waals surface area contributed by atoms with Crippen molar-refractivity contribution in [2.24, 2.45) is 4.99 Å². The number of aryl methyl sites for hydroxylation is 1. The first-order valence-corrected chi connectivity index (χ1v) is 6.95. The molecule has 0 saturated carbocycles. The van der Waals surface area contributed by atoms with E-state index >= 15 is 0 Å². The molecule has 1 saturated heterocycles. The Morgan fingerprint density at radius 3 is 3.13 bits per heavy atom. The molecular weight excluding hydrogens is 226 g/mol. The molecule has 1 aliphatic rings. The van der Waals surface area contributed by atoms with Gasteiger partial charge in [-0.2, -0.15) is 0 Å². The summed E-state index contributed by atoms with van der Waals surface area (Å²) in [6.45, 7) is 5.06. The quantitative estimate of drug-likeness (QED) is 0.880. The largest absolute Gasteiger partial charge is 0.362 e. The molecule has 1 aromatic heterocycles. The summed E-state index contributed by atoms with van der Waals surface area (Å²) in [6.07, 6.45) is 0.949. The third kappa shape index (κ3) is 3.21. The van der Waals surface area contributed by atoms with Crippen LogP contribution in [-0.4, -0.2) is 28.5 Å². The third-order valence-corrected chi connectivity index (χ3v) is 4.14. The second kappa shape index (κ2) is 4.99. The minimum absolute atomic E-state index is 0.565. The number of hydrogen-bond donors (Lipinski definition) is 1. The maximum atomic E-state index is 4.51. The first kappa shape index (κ1) is 11.0. The minimum Gasteiger partial charge on any atom is -0.362 e. The Morgan fingerprint density at radius 1 is 1.67 bits per heavy atom. The third-order valence-electron chi connectivity index (χ3n) is 2.13. The number of thioether (sulfide) groups is 1. The maximum absolute atomic E-state index is 4.51. The number of thiazole rings is 1. The van der Waals surface area contributed by atoms with Crippen molar-refractivity contribution in [1.29, 1.82) is 0 Å². The summed E-state index contributed by atoms with van der Waals surface area (Å²) in [5, 5.41) is 7.69. The zero-order chi connectivity index (χ0) is 10.7. The van der Waals surface area contributed by atoms with Gasteiger partial charge in [-0.1, -0.05) is 11.8 Å². The fourth-order valence-corrected chi connectivity index (χ4v) is 2.99. The van der Waals surface area contributed by atoms with Gasteiger partial charge in [0.1, 0.15) is 0 Å². The summed E-state index contributed by atoms with van der Waals surface area (Å²) >= 11 is 3.52. The molecule has 0 bridgehead atoms. The van der Waals surface area contributed by atoms with Crippen molar-refractivity contribution in [3.05, 3.63) is 16.1 Å². The van der Waals surface area contributed by atoms with Crippen LogP contribution in [0.2, 0.25) is 0 Å². The van der Waals surface area contributed by atoms with Gasteiger partial charge < -0.3 is 5.32 Å². The Morgan fingerprint density at radius 2 is 2.53 bits per heavy atom. The highest BCUT2D eigenvalue weighted by atomic mass is 32.2. The molecule has 82 valence electrons. The highest BCUT2D eigenvalue weighted by Gasteiger charge is 2.14. The summed E-state index contributed by atoms with van der Waals surface area (Å²) in [5.41, 5.74) is 1.16. The van der Waals surface area contributed by atoms with Crippen LogP contribution in [0.5, 0.6) is 0 Å². The summed E-state index contributed by atoms with van der Waals surface area (Å²) in [6, 6.07) is 0.565. The van der Waals surface area contributed by atoms with Crippen LogP contribution in [0.3, 0.4) is 0 Å². The monoisotopic (exact) mass is 241 g/mol. The molecule has 2 heterocycles. The van der Waals surface area contributed by atoms with Crippen LogP contribution in [0.1, 0.15) is 17.6 Å². The van der Waals surface area contributed by atoms with Gasteiger partial charge in [0, 0.05) is 30.1 Å². The van der Waals surface area contributed by atoms with Crippen LogP contribution in [-0.2, 0) is 6.42 Å². The Labute approximate surface area is 98.4 Å². The van der Waals surface area contributed by atoms with Crippen molar-refractivity contribution in [1.82, 2.24) is 10.3 Å². The fourth-order valence-electron chi connectivity index (χ4n) is 1.38. The Balaban J connectivity index is 1.79. The molecule has 0 aliphatic carbocycles. The molecule has 2 rings (SSSR count). The van der Waals surface area contributed by atoms with E-state index in [2.05, 4.69) is 27.6 Å². The molecule has 1 N–H and O–H groups in total. The molecule has 1 fully saturated rings. The summed E-state index contributed by atoms with van der Waals surface area (Å²) in [7, 11) is 0. The lowest BCUT2D eigenvalue weighted by Gasteiger charge is -2.00. The Hall–Kier alpha value is -0.550. The molecule has 0 aromatic carbocycles. The zero-order valence-corrected chi connectivity index (χ0v) is 10.6. The summed E-state index contributed by atoms with van der Waals surface area (Å²) in [4.78, 5) is 8.92. The Kier molecular flexibility index (Phi) is 3.64. The zero-order valence-electron chi connectivity index (χ0n) is 8.99. The van der Waals surface area contributed by atoms with Crippen LogP contribution in [0.25, 0.3) is 0 Å². The van der Waals surface area contributed by atoms with Crippen LogP contribution in [0, 0.1) is 6.92 Å². The van der Waals surface area contributed by atoms with Crippen molar-refractivity contribution >= 4 is 28.3 Å². The Bertz CT molecular complexity index is 359. The molecule has 15 heavy (non-hydrogen) atoms. The van der Waals surface area contributed by atoms with E-state index in [9.17, 15) is 0 Å².